The second kappa shape index (κ2) is 7.87. The van der Waals surface area contributed by atoms with Crippen molar-refractivity contribution < 1.29 is 14.4 Å². The van der Waals surface area contributed by atoms with Crippen molar-refractivity contribution in [1.29, 1.82) is 0 Å². The van der Waals surface area contributed by atoms with Gasteiger partial charge in [-0.15, -0.1) is 0 Å². The summed E-state index contributed by atoms with van der Waals surface area (Å²) in [6.07, 6.45) is 3.53. The van der Waals surface area contributed by atoms with Crippen LogP contribution < -0.4 is 10.6 Å². The lowest BCUT2D eigenvalue weighted by molar-refractivity contribution is -0.129. The fourth-order valence-corrected chi connectivity index (χ4v) is 3.09. The number of hydrogen-bond donors (Lipinski definition) is 2. The smallest absolute Gasteiger partial charge is 0.253 e. The van der Waals surface area contributed by atoms with E-state index in [1.807, 2.05) is 0 Å². The number of amides is 3. The molecule has 1 heterocycles. The van der Waals surface area contributed by atoms with E-state index in [0.29, 0.717) is 23.7 Å². The lowest BCUT2D eigenvalue weighted by Gasteiger charge is -2.32. The first-order valence-corrected chi connectivity index (χ1v) is 9.02. The highest BCUT2D eigenvalue weighted by molar-refractivity contribution is 6.30. The molecule has 1 aromatic carbocycles. The number of carbonyl (C=O) groups is 3. The molecule has 2 fully saturated rings. The zero-order chi connectivity index (χ0) is 17.8. The second-order valence-corrected chi connectivity index (χ2v) is 7.09. The Balaban J connectivity index is 1.51. The molecule has 3 rings (SSSR count). The van der Waals surface area contributed by atoms with Gasteiger partial charge in [0.05, 0.1) is 12.5 Å². The van der Waals surface area contributed by atoms with Crippen LogP contribution in [-0.2, 0) is 9.59 Å². The van der Waals surface area contributed by atoms with E-state index in [0.717, 1.165) is 25.7 Å². The summed E-state index contributed by atoms with van der Waals surface area (Å²) < 4.78 is 0. The highest BCUT2D eigenvalue weighted by Crippen LogP contribution is 2.20. The van der Waals surface area contributed by atoms with Gasteiger partial charge < -0.3 is 15.5 Å². The molecule has 2 N–H and O–H groups in total. The van der Waals surface area contributed by atoms with Crippen LogP contribution >= 0.6 is 11.6 Å². The summed E-state index contributed by atoms with van der Waals surface area (Å²) in [5, 5.41) is 6.10. The molecule has 1 aliphatic heterocycles. The monoisotopic (exact) mass is 363 g/mol. The topological polar surface area (TPSA) is 78.5 Å². The van der Waals surface area contributed by atoms with E-state index in [9.17, 15) is 14.4 Å². The third-order valence-electron chi connectivity index (χ3n) is 4.54. The third kappa shape index (κ3) is 4.95. The van der Waals surface area contributed by atoms with Crippen LogP contribution in [0.15, 0.2) is 24.3 Å². The van der Waals surface area contributed by atoms with Gasteiger partial charge in [-0.3, -0.25) is 14.4 Å². The molecule has 0 bridgehead atoms. The van der Waals surface area contributed by atoms with Gasteiger partial charge in [0.2, 0.25) is 11.8 Å². The number of halogens is 1. The molecule has 25 heavy (non-hydrogen) atoms. The minimum atomic E-state index is -0.279. The van der Waals surface area contributed by atoms with E-state index in [2.05, 4.69) is 10.6 Å². The molecular formula is C18H22ClN3O3. The summed E-state index contributed by atoms with van der Waals surface area (Å²) in [5.41, 5.74) is 0.564. The van der Waals surface area contributed by atoms with Gasteiger partial charge in [0, 0.05) is 29.7 Å². The largest absolute Gasteiger partial charge is 0.352 e. The zero-order valence-corrected chi connectivity index (χ0v) is 14.7. The Morgan fingerprint density at radius 1 is 1.12 bits per heavy atom. The second-order valence-electron chi connectivity index (χ2n) is 6.66. The van der Waals surface area contributed by atoms with Gasteiger partial charge in [0.25, 0.3) is 5.91 Å². The Bertz CT molecular complexity index is 658. The summed E-state index contributed by atoms with van der Waals surface area (Å²) in [5.74, 6) is -0.695. The lowest BCUT2D eigenvalue weighted by Crippen LogP contribution is -2.47. The Kier molecular flexibility index (Phi) is 5.58. The van der Waals surface area contributed by atoms with Gasteiger partial charge in [-0.2, -0.15) is 0 Å². The number of hydrogen-bond acceptors (Lipinski definition) is 3. The number of likely N-dealkylation sites (tertiary alicyclic amines) is 1. The molecule has 6 nitrogen and oxygen atoms in total. The summed E-state index contributed by atoms with van der Waals surface area (Å²) in [6, 6.07) is 7.03. The summed E-state index contributed by atoms with van der Waals surface area (Å²) >= 11 is 5.85. The first kappa shape index (κ1) is 17.7. The molecule has 1 unspecified atom stereocenters. The quantitative estimate of drug-likeness (QED) is 0.833. The van der Waals surface area contributed by atoms with Gasteiger partial charge in [0.1, 0.15) is 0 Å². The normalized spacial score (nSPS) is 20.0. The summed E-state index contributed by atoms with van der Waals surface area (Å²) in [6.45, 7) is 1.00. The molecule has 1 aromatic rings. The molecule has 0 radical (unpaired) electrons. The first-order valence-electron chi connectivity index (χ1n) is 8.65. The van der Waals surface area contributed by atoms with Crippen molar-refractivity contribution in [3.63, 3.8) is 0 Å². The molecule has 0 spiro atoms. The van der Waals surface area contributed by atoms with Crippen LogP contribution in [0.1, 0.15) is 36.0 Å². The molecular weight excluding hydrogens is 342 g/mol. The minimum absolute atomic E-state index is 0.00301. The van der Waals surface area contributed by atoms with Crippen molar-refractivity contribution in [3.05, 3.63) is 34.9 Å². The molecule has 134 valence electrons. The van der Waals surface area contributed by atoms with E-state index < -0.39 is 0 Å². The van der Waals surface area contributed by atoms with Crippen molar-refractivity contribution in [1.82, 2.24) is 15.5 Å². The number of benzene rings is 1. The van der Waals surface area contributed by atoms with Gasteiger partial charge in [-0.05, 0) is 49.9 Å². The third-order valence-corrected chi connectivity index (χ3v) is 4.79. The average Bonchev–Trinajstić information content (AvgIpc) is 3.44. The van der Waals surface area contributed by atoms with Crippen LogP contribution in [0.2, 0.25) is 5.02 Å². The number of rotatable bonds is 5. The number of nitrogens with zero attached hydrogens (tertiary/aromatic N) is 1. The number of nitrogens with one attached hydrogen (secondary N) is 2. The molecule has 7 heteroatoms. The Morgan fingerprint density at radius 3 is 2.52 bits per heavy atom. The Morgan fingerprint density at radius 2 is 1.84 bits per heavy atom. The van der Waals surface area contributed by atoms with Crippen molar-refractivity contribution in [2.75, 3.05) is 19.6 Å². The molecule has 1 saturated carbocycles. The Labute approximate surface area is 151 Å². The van der Waals surface area contributed by atoms with Crippen LogP contribution in [0.5, 0.6) is 0 Å². The maximum Gasteiger partial charge on any atom is 0.253 e. The predicted octanol–water partition coefficient (Wildman–Crippen LogP) is 1.59. The lowest BCUT2D eigenvalue weighted by atomic mass is 9.96. The van der Waals surface area contributed by atoms with Gasteiger partial charge in [-0.25, -0.2) is 0 Å². The molecule has 2 aliphatic rings. The average molecular weight is 364 g/mol. The number of carbonyl (C=O) groups excluding carboxylic acids is 3. The van der Waals surface area contributed by atoms with E-state index in [4.69, 9.17) is 11.6 Å². The first-order chi connectivity index (χ1) is 12.0. The van der Waals surface area contributed by atoms with Gasteiger partial charge in [-0.1, -0.05) is 11.6 Å². The van der Waals surface area contributed by atoms with Crippen LogP contribution in [0, 0.1) is 5.92 Å². The molecule has 3 amide bonds. The molecule has 0 aromatic heterocycles. The standard InChI is InChI=1S/C18H22ClN3O3/c19-14-5-3-12(4-6-14)18(25)22-9-1-2-13(11-22)17(24)20-10-16(23)21-15-7-8-15/h3-6,13,15H,1-2,7-11H2,(H,20,24)(H,21,23). The fraction of sp³-hybridized carbons (Fsp3) is 0.500. The summed E-state index contributed by atoms with van der Waals surface area (Å²) in [7, 11) is 0. The van der Waals surface area contributed by atoms with E-state index in [1.165, 1.54) is 0 Å². The van der Waals surface area contributed by atoms with Crippen LogP contribution in [-0.4, -0.2) is 48.3 Å². The highest BCUT2D eigenvalue weighted by Gasteiger charge is 2.29. The van der Waals surface area contributed by atoms with E-state index >= 15 is 0 Å². The predicted molar refractivity (Wildman–Crippen MR) is 94.3 cm³/mol. The highest BCUT2D eigenvalue weighted by atomic mass is 35.5. The van der Waals surface area contributed by atoms with Gasteiger partial charge in [0.15, 0.2) is 0 Å². The van der Waals surface area contributed by atoms with Crippen molar-refractivity contribution >= 4 is 29.3 Å². The molecule has 1 aliphatic carbocycles. The summed E-state index contributed by atoms with van der Waals surface area (Å²) in [4.78, 5) is 38.2. The maximum atomic E-state index is 12.6. The maximum absolute atomic E-state index is 12.6. The van der Waals surface area contributed by atoms with E-state index in [1.54, 1.807) is 29.2 Å². The van der Waals surface area contributed by atoms with E-state index in [-0.39, 0.29) is 36.2 Å². The van der Waals surface area contributed by atoms with Crippen LogP contribution in [0.3, 0.4) is 0 Å². The SMILES string of the molecule is O=C(CNC(=O)C1CCCN(C(=O)c2ccc(Cl)cc2)C1)NC1CC1. The number of piperidine rings is 1. The van der Waals surface area contributed by atoms with Crippen molar-refractivity contribution in [3.8, 4) is 0 Å². The Hall–Kier alpha value is -2.08. The molecule has 1 saturated heterocycles. The van der Waals surface area contributed by atoms with Crippen LogP contribution in [0.4, 0.5) is 0 Å². The van der Waals surface area contributed by atoms with Crippen molar-refractivity contribution in [2.45, 2.75) is 31.7 Å². The molecule has 1 atom stereocenters. The van der Waals surface area contributed by atoms with Crippen molar-refractivity contribution in [2.24, 2.45) is 5.92 Å². The van der Waals surface area contributed by atoms with Gasteiger partial charge >= 0.3 is 0 Å². The minimum Gasteiger partial charge on any atom is -0.352 e. The van der Waals surface area contributed by atoms with Crippen LogP contribution in [0.25, 0.3) is 0 Å². The fourth-order valence-electron chi connectivity index (χ4n) is 2.97. The zero-order valence-electron chi connectivity index (χ0n) is 14.0.